The molecule has 25 heavy (non-hydrogen) atoms. The van der Waals surface area contributed by atoms with E-state index in [9.17, 15) is 9.59 Å². The average molecular weight is 346 g/mol. The first-order valence-electron chi connectivity index (χ1n) is 8.96. The summed E-state index contributed by atoms with van der Waals surface area (Å²) in [7, 11) is 1.65. The van der Waals surface area contributed by atoms with Gasteiger partial charge >= 0.3 is 0 Å². The van der Waals surface area contributed by atoms with Gasteiger partial charge in [0.15, 0.2) is 5.78 Å². The number of hydrogen-bond acceptors (Lipinski definition) is 4. The van der Waals surface area contributed by atoms with E-state index in [2.05, 4.69) is 4.90 Å². The standard InChI is InChI=1S/C20H30N2O3/c1-20(2,3)18(23)15-21-11-13-22(14-12-21)19(24)10-7-16-5-8-17(25-4)9-6-16/h5-6,8-9H,7,10-15H2,1-4H3. The zero-order valence-electron chi connectivity index (χ0n) is 15.9. The molecule has 0 N–H and O–H groups in total. The summed E-state index contributed by atoms with van der Waals surface area (Å²) in [6.45, 7) is 9.30. The number of methoxy groups -OCH3 is 1. The smallest absolute Gasteiger partial charge is 0.222 e. The fourth-order valence-electron chi connectivity index (χ4n) is 2.80. The van der Waals surface area contributed by atoms with E-state index in [1.54, 1.807) is 7.11 Å². The number of nitrogens with zero attached hydrogens (tertiary/aromatic N) is 2. The number of ketones is 1. The number of carbonyl (C=O) groups is 2. The van der Waals surface area contributed by atoms with Crippen molar-refractivity contribution in [2.75, 3.05) is 39.8 Å². The SMILES string of the molecule is COc1ccc(CCC(=O)N2CCN(CC(=O)C(C)(C)C)CC2)cc1. The van der Waals surface area contributed by atoms with Crippen molar-refractivity contribution in [2.45, 2.75) is 33.6 Å². The van der Waals surface area contributed by atoms with Gasteiger partial charge in [-0.2, -0.15) is 0 Å². The van der Waals surface area contributed by atoms with Crippen LogP contribution in [-0.4, -0.2) is 61.3 Å². The Bertz CT molecular complexity index is 582. The van der Waals surface area contributed by atoms with E-state index in [1.807, 2.05) is 49.9 Å². The van der Waals surface area contributed by atoms with Crippen molar-refractivity contribution in [3.63, 3.8) is 0 Å². The van der Waals surface area contributed by atoms with Gasteiger partial charge in [0.2, 0.25) is 5.91 Å². The maximum atomic E-state index is 12.4. The van der Waals surface area contributed by atoms with Crippen LogP contribution in [0.3, 0.4) is 0 Å². The predicted molar refractivity (Wildman–Crippen MR) is 98.8 cm³/mol. The summed E-state index contributed by atoms with van der Waals surface area (Å²) in [5.74, 6) is 1.28. The van der Waals surface area contributed by atoms with Crippen LogP contribution in [0.2, 0.25) is 0 Å². The minimum absolute atomic E-state index is 0.192. The summed E-state index contributed by atoms with van der Waals surface area (Å²) < 4.78 is 5.14. The number of Topliss-reactive ketones (excluding diaryl/α,β-unsaturated/α-hetero) is 1. The van der Waals surface area contributed by atoms with Crippen LogP contribution in [0.5, 0.6) is 5.75 Å². The Morgan fingerprint density at radius 3 is 2.16 bits per heavy atom. The third-order valence-corrected chi connectivity index (χ3v) is 4.72. The minimum atomic E-state index is -0.300. The number of aryl methyl sites for hydroxylation is 1. The molecule has 5 nitrogen and oxygen atoms in total. The van der Waals surface area contributed by atoms with Crippen molar-refractivity contribution in [3.05, 3.63) is 29.8 Å². The largest absolute Gasteiger partial charge is 0.497 e. The average Bonchev–Trinajstić information content (AvgIpc) is 2.60. The van der Waals surface area contributed by atoms with Gasteiger partial charge in [0.05, 0.1) is 13.7 Å². The molecule has 1 amide bonds. The van der Waals surface area contributed by atoms with Crippen molar-refractivity contribution in [2.24, 2.45) is 5.41 Å². The van der Waals surface area contributed by atoms with Crippen LogP contribution in [0.25, 0.3) is 0 Å². The topological polar surface area (TPSA) is 49.9 Å². The van der Waals surface area contributed by atoms with E-state index in [0.717, 1.165) is 30.8 Å². The fourth-order valence-corrected chi connectivity index (χ4v) is 2.80. The van der Waals surface area contributed by atoms with Gasteiger partial charge in [-0.1, -0.05) is 32.9 Å². The highest BCUT2D eigenvalue weighted by molar-refractivity contribution is 5.85. The van der Waals surface area contributed by atoms with Crippen LogP contribution in [0.4, 0.5) is 0 Å². The maximum Gasteiger partial charge on any atom is 0.222 e. The second kappa shape index (κ2) is 8.48. The maximum absolute atomic E-state index is 12.4. The molecule has 0 bridgehead atoms. The summed E-state index contributed by atoms with van der Waals surface area (Å²) >= 11 is 0. The fraction of sp³-hybridized carbons (Fsp3) is 0.600. The number of hydrogen-bond donors (Lipinski definition) is 0. The Morgan fingerprint density at radius 2 is 1.64 bits per heavy atom. The second-order valence-electron chi connectivity index (χ2n) is 7.68. The van der Waals surface area contributed by atoms with Crippen LogP contribution in [0.1, 0.15) is 32.8 Å². The Hall–Kier alpha value is -1.88. The van der Waals surface area contributed by atoms with Gasteiger partial charge in [0, 0.05) is 38.0 Å². The summed E-state index contributed by atoms with van der Waals surface area (Å²) in [5.41, 5.74) is 0.842. The Kier molecular flexibility index (Phi) is 6.59. The van der Waals surface area contributed by atoms with E-state index >= 15 is 0 Å². The van der Waals surface area contributed by atoms with E-state index in [0.29, 0.717) is 26.1 Å². The van der Waals surface area contributed by atoms with E-state index in [-0.39, 0.29) is 17.1 Å². The number of amides is 1. The van der Waals surface area contributed by atoms with Crippen molar-refractivity contribution in [1.29, 1.82) is 0 Å². The van der Waals surface area contributed by atoms with Gasteiger partial charge in [-0.25, -0.2) is 0 Å². The molecule has 1 fully saturated rings. The monoisotopic (exact) mass is 346 g/mol. The van der Waals surface area contributed by atoms with Crippen molar-refractivity contribution in [3.8, 4) is 5.75 Å². The molecule has 138 valence electrons. The lowest BCUT2D eigenvalue weighted by Gasteiger charge is -2.35. The Morgan fingerprint density at radius 1 is 1.04 bits per heavy atom. The molecule has 0 saturated carbocycles. The molecular weight excluding hydrogens is 316 g/mol. The molecule has 2 rings (SSSR count). The first kappa shape index (κ1) is 19.4. The molecule has 0 aromatic heterocycles. The molecule has 0 atom stereocenters. The van der Waals surface area contributed by atoms with Crippen LogP contribution in [0.15, 0.2) is 24.3 Å². The van der Waals surface area contributed by atoms with Gasteiger partial charge in [-0.05, 0) is 24.1 Å². The molecule has 1 heterocycles. The molecule has 1 aromatic carbocycles. The molecule has 0 radical (unpaired) electrons. The molecule has 0 aliphatic carbocycles. The predicted octanol–water partition coefficient (Wildman–Crippen LogP) is 2.39. The normalized spacial score (nSPS) is 15.9. The van der Waals surface area contributed by atoms with Crippen LogP contribution in [-0.2, 0) is 16.0 Å². The highest BCUT2D eigenvalue weighted by Crippen LogP contribution is 2.16. The lowest BCUT2D eigenvalue weighted by molar-refractivity contribution is -0.133. The number of benzene rings is 1. The third-order valence-electron chi connectivity index (χ3n) is 4.72. The van der Waals surface area contributed by atoms with Gasteiger partial charge in [0.25, 0.3) is 0 Å². The van der Waals surface area contributed by atoms with Gasteiger partial charge < -0.3 is 9.64 Å². The van der Waals surface area contributed by atoms with Gasteiger partial charge in [-0.3, -0.25) is 14.5 Å². The molecule has 0 spiro atoms. The first-order chi connectivity index (χ1) is 11.8. The number of piperazine rings is 1. The van der Waals surface area contributed by atoms with Crippen LogP contribution in [0, 0.1) is 5.41 Å². The summed E-state index contributed by atoms with van der Waals surface area (Å²) in [6.07, 6.45) is 1.26. The van der Waals surface area contributed by atoms with E-state index in [1.165, 1.54) is 0 Å². The van der Waals surface area contributed by atoms with Crippen LogP contribution >= 0.6 is 0 Å². The highest BCUT2D eigenvalue weighted by atomic mass is 16.5. The summed E-state index contributed by atoms with van der Waals surface area (Å²) in [6, 6.07) is 7.85. The van der Waals surface area contributed by atoms with E-state index in [4.69, 9.17) is 4.74 Å². The molecule has 0 unspecified atom stereocenters. The molecule has 1 saturated heterocycles. The third kappa shape index (κ3) is 5.85. The Balaban J connectivity index is 1.74. The Labute approximate surface area is 150 Å². The summed E-state index contributed by atoms with van der Waals surface area (Å²) in [5, 5.41) is 0. The second-order valence-corrected chi connectivity index (χ2v) is 7.68. The van der Waals surface area contributed by atoms with Crippen molar-refractivity contribution < 1.29 is 14.3 Å². The van der Waals surface area contributed by atoms with Crippen molar-refractivity contribution >= 4 is 11.7 Å². The first-order valence-corrected chi connectivity index (χ1v) is 8.96. The zero-order chi connectivity index (χ0) is 18.4. The lowest BCUT2D eigenvalue weighted by Crippen LogP contribution is -2.50. The van der Waals surface area contributed by atoms with Gasteiger partial charge in [-0.15, -0.1) is 0 Å². The molecule has 1 aliphatic rings. The zero-order valence-corrected chi connectivity index (χ0v) is 15.9. The lowest BCUT2D eigenvalue weighted by atomic mass is 9.90. The number of rotatable bonds is 6. The van der Waals surface area contributed by atoms with Gasteiger partial charge in [0.1, 0.15) is 5.75 Å². The minimum Gasteiger partial charge on any atom is -0.497 e. The van der Waals surface area contributed by atoms with E-state index < -0.39 is 0 Å². The highest BCUT2D eigenvalue weighted by Gasteiger charge is 2.26. The van der Waals surface area contributed by atoms with Crippen LogP contribution < -0.4 is 4.74 Å². The molecule has 1 aliphatic heterocycles. The molecular formula is C20H30N2O3. The molecule has 5 heteroatoms. The quantitative estimate of drug-likeness (QED) is 0.794. The number of ether oxygens (including phenoxy) is 1. The van der Waals surface area contributed by atoms with Crippen molar-refractivity contribution in [1.82, 2.24) is 9.80 Å². The molecule has 1 aromatic rings. The summed E-state index contributed by atoms with van der Waals surface area (Å²) in [4.78, 5) is 28.6. The number of carbonyl (C=O) groups excluding carboxylic acids is 2.